The number of aliphatic hydroxyl groups excluding tert-OH is 1. The van der Waals surface area contributed by atoms with Crippen LogP contribution in [-0.2, 0) is 6.42 Å². The second kappa shape index (κ2) is 6.15. The second-order valence-corrected chi connectivity index (χ2v) is 4.85. The van der Waals surface area contributed by atoms with Crippen molar-refractivity contribution in [1.82, 2.24) is 0 Å². The molecule has 0 radical (unpaired) electrons. The molecule has 0 heterocycles. The Hall–Kier alpha value is -1.42. The molecule has 0 aliphatic heterocycles. The van der Waals surface area contributed by atoms with Gasteiger partial charge in [-0.05, 0) is 42.3 Å². The van der Waals surface area contributed by atoms with Gasteiger partial charge in [0.05, 0.1) is 15.7 Å². The molecule has 100 valence electrons. The Labute approximate surface area is 121 Å². The van der Waals surface area contributed by atoms with E-state index in [2.05, 4.69) is 5.32 Å². The number of halogens is 2. The zero-order valence-electron chi connectivity index (χ0n) is 10.0. The van der Waals surface area contributed by atoms with Gasteiger partial charge in [-0.3, -0.25) is 0 Å². The average Bonchev–Trinajstić information content (AvgIpc) is 2.37. The van der Waals surface area contributed by atoms with Gasteiger partial charge in [0.2, 0.25) is 0 Å². The molecule has 0 amide bonds. The Morgan fingerprint density at radius 2 is 1.74 bits per heavy atom. The molecule has 0 bridgehead atoms. The van der Waals surface area contributed by atoms with E-state index in [0.717, 1.165) is 11.3 Å². The van der Waals surface area contributed by atoms with Gasteiger partial charge in [0.15, 0.2) is 0 Å². The molecule has 0 fully saturated rings. The number of rotatable bonds is 4. The summed E-state index contributed by atoms with van der Waals surface area (Å²) in [6.45, 7) is -0.00557. The number of phenolic OH excluding ortho intramolecular Hbond substituents is 1. The van der Waals surface area contributed by atoms with E-state index >= 15 is 0 Å². The van der Waals surface area contributed by atoms with E-state index in [9.17, 15) is 5.11 Å². The van der Waals surface area contributed by atoms with Gasteiger partial charge in [0.1, 0.15) is 5.75 Å². The van der Waals surface area contributed by atoms with Crippen LogP contribution in [0.5, 0.6) is 5.75 Å². The van der Waals surface area contributed by atoms with Crippen LogP contribution in [0.3, 0.4) is 0 Å². The lowest BCUT2D eigenvalue weighted by Gasteiger charge is -2.14. The van der Waals surface area contributed by atoms with E-state index in [1.165, 1.54) is 0 Å². The molecule has 0 spiro atoms. The fourth-order valence-corrected chi connectivity index (χ4v) is 2.27. The van der Waals surface area contributed by atoms with Crippen LogP contribution in [0.25, 0.3) is 0 Å². The summed E-state index contributed by atoms with van der Waals surface area (Å²) in [6, 6.07) is 10.1. The maximum atomic E-state index is 9.48. The van der Waals surface area contributed by atoms with Gasteiger partial charge in [-0.25, -0.2) is 0 Å². The van der Waals surface area contributed by atoms with Gasteiger partial charge in [-0.15, -0.1) is 0 Å². The standard InChI is InChI=1S/C14H13Cl2NO2/c15-11-2-1-3-12(16)14(11)17-13-5-4-10(19)8-9(13)6-7-18/h1-5,8,17-19H,6-7H2. The largest absolute Gasteiger partial charge is 0.508 e. The molecular formula is C14H13Cl2NO2. The number of benzene rings is 2. The number of hydrogen-bond donors (Lipinski definition) is 3. The maximum Gasteiger partial charge on any atom is 0.116 e. The molecule has 3 nitrogen and oxygen atoms in total. The predicted molar refractivity (Wildman–Crippen MR) is 78.6 cm³/mol. The van der Waals surface area contributed by atoms with E-state index in [-0.39, 0.29) is 12.4 Å². The molecule has 0 aromatic heterocycles. The lowest BCUT2D eigenvalue weighted by Crippen LogP contribution is -1.99. The molecule has 0 saturated carbocycles. The highest BCUT2D eigenvalue weighted by Gasteiger charge is 2.09. The summed E-state index contributed by atoms with van der Waals surface area (Å²) in [5.74, 6) is 0.152. The maximum absolute atomic E-state index is 9.48. The third kappa shape index (κ3) is 3.32. The lowest BCUT2D eigenvalue weighted by molar-refractivity contribution is 0.299. The summed E-state index contributed by atoms with van der Waals surface area (Å²) < 4.78 is 0. The summed E-state index contributed by atoms with van der Waals surface area (Å²) >= 11 is 12.2. The van der Waals surface area contributed by atoms with Crippen LogP contribution in [0, 0.1) is 0 Å². The Balaban J connectivity index is 2.38. The normalized spacial score (nSPS) is 10.5. The summed E-state index contributed by atoms with van der Waals surface area (Å²) in [7, 11) is 0. The molecule has 2 aromatic carbocycles. The topological polar surface area (TPSA) is 52.5 Å². The minimum absolute atomic E-state index is 0.00557. The van der Waals surface area contributed by atoms with E-state index in [4.69, 9.17) is 28.3 Å². The Kier molecular flexibility index (Phi) is 4.53. The van der Waals surface area contributed by atoms with Crippen molar-refractivity contribution in [1.29, 1.82) is 0 Å². The Morgan fingerprint density at radius 1 is 1.05 bits per heavy atom. The van der Waals surface area contributed by atoms with Crippen molar-refractivity contribution in [2.24, 2.45) is 0 Å². The SMILES string of the molecule is OCCc1cc(O)ccc1Nc1c(Cl)cccc1Cl. The third-order valence-electron chi connectivity index (χ3n) is 2.69. The van der Waals surface area contributed by atoms with E-state index in [1.807, 2.05) is 0 Å². The number of anilines is 2. The second-order valence-electron chi connectivity index (χ2n) is 4.04. The number of nitrogens with one attached hydrogen (secondary N) is 1. The molecule has 0 saturated heterocycles. The van der Waals surface area contributed by atoms with Crippen LogP contribution < -0.4 is 5.32 Å². The summed E-state index contributed by atoms with van der Waals surface area (Å²) in [6.07, 6.45) is 0.429. The zero-order chi connectivity index (χ0) is 13.8. The average molecular weight is 298 g/mol. The summed E-state index contributed by atoms with van der Waals surface area (Å²) in [5, 5.41) is 22.7. The molecule has 0 unspecified atom stereocenters. The smallest absolute Gasteiger partial charge is 0.116 e. The van der Waals surface area contributed by atoms with Gasteiger partial charge >= 0.3 is 0 Å². The van der Waals surface area contributed by atoms with Crippen molar-refractivity contribution in [3.63, 3.8) is 0 Å². The monoisotopic (exact) mass is 297 g/mol. The van der Waals surface area contributed by atoms with Crippen molar-refractivity contribution in [3.8, 4) is 5.75 Å². The zero-order valence-corrected chi connectivity index (χ0v) is 11.5. The first-order chi connectivity index (χ1) is 9.11. The first-order valence-electron chi connectivity index (χ1n) is 5.75. The van der Waals surface area contributed by atoms with Gasteiger partial charge in [0.25, 0.3) is 0 Å². The molecule has 0 atom stereocenters. The number of aromatic hydroxyl groups is 1. The third-order valence-corrected chi connectivity index (χ3v) is 3.32. The number of aliphatic hydroxyl groups is 1. The van der Waals surface area contributed by atoms with Gasteiger partial charge in [-0.1, -0.05) is 29.3 Å². The van der Waals surface area contributed by atoms with Crippen LogP contribution in [0.4, 0.5) is 11.4 Å². The highest BCUT2D eigenvalue weighted by molar-refractivity contribution is 6.39. The van der Waals surface area contributed by atoms with Crippen LogP contribution >= 0.6 is 23.2 Å². The van der Waals surface area contributed by atoms with Crippen LogP contribution in [-0.4, -0.2) is 16.8 Å². The van der Waals surface area contributed by atoms with E-state index < -0.39 is 0 Å². The van der Waals surface area contributed by atoms with E-state index in [0.29, 0.717) is 22.2 Å². The van der Waals surface area contributed by atoms with Crippen molar-refractivity contribution in [2.45, 2.75) is 6.42 Å². The predicted octanol–water partition coefficient (Wildman–Crippen LogP) is 3.98. The minimum Gasteiger partial charge on any atom is -0.508 e. The summed E-state index contributed by atoms with van der Waals surface area (Å²) in [4.78, 5) is 0. The molecule has 0 aliphatic rings. The fourth-order valence-electron chi connectivity index (χ4n) is 1.78. The van der Waals surface area contributed by atoms with Crippen LogP contribution in [0.1, 0.15) is 5.56 Å². The lowest BCUT2D eigenvalue weighted by atomic mass is 10.1. The number of phenols is 1. The highest BCUT2D eigenvalue weighted by Crippen LogP contribution is 2.34. The highest BCUT2D eigenvalue weighted by atomic mass is 35.5. The van der Waals surface area contributed by atoms with Crippen molar-refractivity contribution in [2.75, 3.05) is 11.9 Å². The molecule has 0 aliphatic carbocycles. The van der Waals surface area contributed by atoms with Gasteiger partial charge in [-0.2, -0.15) is 0 Å². The molecule has 3 N–H and O–H groups in total. The Morgan fingerprint density at radius 3 is 2.37 bits per heavy atom. The summed E-state index contributed by atoms with van der Waals surface area (Å²) in [5.41, 5.74) is 2.15. The van der Waals surface area contributed by atoms with Crippen LogP contribution in [0.15, 0.2) is 36.4 Å². The van der Waals surface area contributed by atoms with Crippen LogP contribution in [0.2, 0.25) is 10.0 Å². The minimum atomic E-state index is -0.00557. The Bertz CT molecular complexity index is 567. The quantitative estimate of drug-likeness (QED) is 0.748. The molecule has 19 heavy (non-hydrogen) atoms. The first kappa shape index (κ1) is 14.0. The molecular weight excluding hydrogens is 285 g/mol. The van der Waals surface area contributed by atoms with E-state index in [1.54, 1.807) is 36.4 Å². The molecule has 5 heteroatoms. The first-order valence-corrected chi connectivity index (χ1v) is 6.51. The van der Waals surface area contributed by atoms with Crippen molar-refractivity contribution < 1.29 is 10.2 Å². The van der Waals surface area contributed by atoms with Gasteiger partial charge < -0.3 is 15.5 Å². The molecule has 2 aromatic rings. The number of para-hydroxylation sites is 1. The van der Waals surface area contributed by atoms with Crippen molar-refractivity contribution in [3.05, 3.63) is 52.0 Å². The van der Waals surface area contributed by atoms with Gasteiger partial charge in [0, 0.05) is 12.3 Å². The fraction of sp³-hybridized carbons (Fsp3) is 0.143. The number of hydrogen-bond acceptors (Lipinski definition) is 3. The van der Waals surface area contributed by atoms with Crippen molar-refractivity contribution >= 4 is 34.6 Å². The molecule has 2 rings (SSSR count).